The Bertz CT molecular complexity index is 611. The summed E-state index contributed by atoms with van der Waals surface area (Å²) in [6.07, 6.45) is 6.29. The quantitative estimate of drug-likeness (QED) is 0.837. The highest BCUT2D eigenvalue weighted by Crippen LogP contribution is 2.25. The second-order valence-electron chi connectivity index (χ2n) is 5.83. The number of pyridine rings is 1. The Labute approximate surface area is 137 Å². The molecule has 1 saturated carbocycles. The minimum atomic E-state index is -3.51. The van der Waals surface area contributed by atoms with E-state index in [0.717, 1.165) is 18.4 Å². The molecule has 0 amide bonds. The van der Waals surface area contributed by atoms with Crippen LogP contribution in [0.1, 0.15) is 31.2 Å². The molecular formula is C15H23N3O4S. The third kappa shape index (κ3) is 4.41. The van der Waals surface area contributed by atoms with Crippen LogP contribution < -0.4 is 9.46 Å². The lowest BCUT2D eigenvalue weighted by Gasteiger charge is -2.26. The molecule has 2 fully saturated rings. The topological polar surface area (TPSA) is 80.8 Å². The second-order valence-corrected chi connectivity index (χ2v) is 7.58. The fraction of sp³-hybridized carbons (Fsp3) is 0.667. The Kier molecular flexibility index (Phi) is 5.47. The smallest absolute Gasteiger partial charge is 0.279 e. The van der Waals surface area contributed by atoms with Crippen LogP contribution in [-0.4, -0.2) is 50.1 Å². The average molecular weight is 341 g/mol. The van der Waals surface area contributed by atoms with Gasteiger partial charge in [0.05, 0.1) is 13.2 Å². The summed E-state index contributed by atoms with van der Waals surface area (Å²) in [4.78, 5) is 4.26. The minimum absolute atomic E-state index is 0.176. The third-order valence-corrected chi connectivity index (χ3v) is 5.74. The Balaban J connectivity index is 1.63. The minimum Gasteiger partial charge on any atom is -0.474 e. The zero-order chi connectivity index (χ0) is 16.1. The molecule has 1 aliphatic heterocycles. The van der Waals surface area contributed by atoms with Crippen molar-refractivity contribution < 1.29 is 17.9 Å². The van der Waals surface area contributed by atoms with Crippen molar-refractivity contribution in [3.05, 3.63) is 23.9 Å². The van der Waals surface area contributed by atoms with Gasteiger partial charge in [-0.25, -0.2) is 4.98 Å². The molecule has 1 aromatic heterocycles. The van der Waals surface area contributed by atoms with E-state index in [0.29, 0.717) is 32.2 Å². The molecule has 0 radical (unpaired) electrons. The van der Waals surface area contributed by atoms with Crippen LogP contribution in [0.15, 0.2) is 18.3 Å². The lowest BCUT2D eigenvalue weighted by atomic mass is 10.2. The van der Waals surface area contributed by atoms with Gasteiger partial charge >= 0.3 is 0 Å². The number of nitrogens with zero attached hydrogens (tertiary/aromatic N) is 2. The van der Waals surface area contributed by atoms with Crippen LogP contribution in [0.25, 0.3) is 0 Å². The summed E-state index contributed by atoms with van der Waals surface area (Å²) in [5, 5.41) is 0. The van der Waals surface area contributed by atoms with Gasteiger partial charge in [0.15, 0.2) is 0 Å². The number of hydrogen-bond acceptors (Lipinski definition) is 5. The molecule has 0 spiro atoms. The van der Waals surface area contributed by atoms with E-state index in [1.807, 2.05) is 6.07 Å². The summed E-state index contributed by atoms with van der Waals surface area (Å²) in [5.74, 6) is 0.532. The molecule has 8 heteroatoms. The van der Waals surface area contributed by atoms with Crippen LogP contribution in [-0.2, 0) is 21.5 Å². The van der Waals surface area contributed by atoms with Gasteiger partial charge in [0.25, 0.3) is 10.2 Å². The normalized spacial score (nSPS) is 20.7. The molecule has 0 unspecified atom stereocenters. The predicted octanol–water partition coefficient (Wildman–Crippen LogP) is 1.07. The molecule has 1 saturated heterocycles. The van der Waals surface area contributed by atoms with Gasteiger partial charge in [0.2, 0.25) is 5.88 Å². The van der Waals surface area contributed by atoms with Crippen molar-refractivity contribution in [3.63, 3.8) is 0 Å². The Morgan fingerprint density at radius 3 is 2.78 bits per heavy atom. The largest absolute Gasteiger partial charge is 0.474 e. The van der Waals surface area contributed by atoms with Crippen molar-refractivity contribution >= 4 is 10.2 Å². The van der Waals surface area contributed by atoms with Gasteiger partial charge in [-0.2, -0.15) is 17.4 Å². The summed E-state index contributed by atoms with van der Waals surface area (Å²) in [5.41, 5.74) is 0.760. The maximum atomic E-state index is 12.3. The molecule has 0 atom stereocenters. The number of nitrogens with one attached hydrogen (secondary N) is 1. The summed E-state index contributed by atoms with van der Waals surface area (Å²) in [7, 11) is -3.51. The van der Waals surface area contributed by atoms with E-state index in [2.05, 4.69) is 9.71 Å². The van der Waals surface area contributed by atoms with Crippen molar-refractivity contribution in [2.24, 2.45) is 0 Å². The van der Waals surface area contributed by atoms with Gasteiger partial charge in [-0.05, 0) is 31.7 Å². The fourth-order valence-corrected chi connectivity index (χ4v) is 4.03. The zero-order valence-corrected chi connectivity index (χ0v) is 13.9. The molecule has 1 aromatic rings. The standard InChI is InChI=1S/C15H23N3O4S/c19-23(20,18-8-10-21-11-9-18)17-12-13-4-3-7-16-15(13)22-14-5-1-2-6-14/h3-4,7,14,17H,1-2,5-6,8-12H2. The third-order valence-electron chi connectivity index (χ3n) is 4.19. The van der Waals surface area contributed by atoms with Gasteiger partial charge in [-0.15, -0.1) is 0 Å². The Morgan fingerprint density at radius 1 is 1.30 bits per heavy atom. The maximum absolute atomic E-state index is 12.3. The van der Waals surface area contributed by atoms with Crippen LogP contribution >= 0.6 is 0 Å². The number of morpholine rings is 1. The first-order valence-corrected chi connectivity index (χ1v) is 9.52. The molecule has 1 N–H and O–H groups in total. The van der Waals surface area contributed by atoms with E-state index < -0.39 is 10.2 Å². The Hall–Kier alpha value is -1.22. The SMILES string of the molecule is O=S(=O)(NCc1cccnc1OC1CCCC1)N1CCOCC1. The van der Waals surface area contributed by atoms with Crippen molar-refractivity contribution in [1.82, 2.24) is 14.0 Å². The average Bonchev–Trinajstić information content (AvgIpc) is 3.08. The first kappa shape index (κ1) is 16.6. The lowest BCUT2D eigenvalue weighted by Crippen LogP contribution is -2.46. The van der Waals surface area contributed by atoms with Gasteiger partial charge in [0.1, 0.15) is 6.10 Å². The first-order valence-electron chi connectivity index (χ1n) is 8.08. The van der Waals surface area contributed by atoms with Gasteiger partial charge in [-0.3, -0.25) is 0 Å². The molecular weight excluding hydrogens is 318 g/mol. The highest BCUT2D eigenvalue weighted by atomic mass is 32.2. The van der Waals surface area contributed by atoms with E-state index >= 15 is 0 Å². The van der Waals surface area contributed by atoms with Crippen LogP contribution in [0.3, 0.4) is 0 Å². The van der Waals surface area contributed by atoms with Crippen LogP contribution in [0.5, 0.6) is 5.88 Å². The van der Waals surface area contributed by atoms with Gasteiger partial charge in [-0.1, -0.05) is 6.07 Å². The molecule has 128 valence electrons. The second kappa shape index (κ2) is 7.57. The highest BCUT2D eigenvalue weighted by molar-refractivity contribution is 7.87. The van der Waals surface area contributed by atoms with Crippen LogP contribution in [0, 0.1) is 0 Å². The van der Waals surface area contributed by atoms with Crippen LogP contribution in [0.2, 0.25) is 0 Å². The fourth-order valence-electron chi connectivity index (χ4n) is 2.88. The molecule has 0 aromatic carbocycles. The Morgan fingerprint density at radius 2 is 2.04 bits per heavy atom. The number of aromatic nitrogens is 1. The van der Waals surface area contributed by atoms with Crippen molar-refractivity contribution in [3.8, 4) is 5.88 Å². The van der Waals surface area contributed by atoms with E-state index in [-0.39, 0.29) is 12.6 Å². The maximum Gasteiger partial charge on any atom is 0.279 e. The van der Waals surface area contributed by atoms with Gasteiger partial charge in [0, 0.05) is 31.4 Å². The van der Waals surface area contributed by atoms with E-state index in [1.165, 1.54) is 17.1 Å². The van der Waals surface area contributed by atoms with Crippen LogP contribution in [0.4, 0.5) is 0 Å². The molecule has 7 nitrogen and oxygen atoms in total. The molecule has 3 rings (SSSR count). The van der Waals surface area contributed by atoms with Crippen molar-refractivity contribution in [1.29, 1.82) is 0 Å². The first-order chi connectivity index (χ1) is 11.1. The van der Waals surface area contributed by atoms with E-state index in [1.54, 1.807) is 12.3 Å². The molecule has 2 aliphatic rings. The van der Waals surface area contributed by atoms with E-state index in [9.17, 15) is 8.42 Å². The summed E-state index contributed by atoms with van der Waals surface area (Å²) >= 11 is 0. The summed E-state index contributed by atoms with van der Waals surface area (Å²) < 4.78 is 39.8. The lowest BCUT2D eigenvalue weighted by molar-refractivity contribution is 0.0724. The molecule has 2 heterocycles. The van der Waals surface area contributed by atoms with Gasteiger partial charge < -0.3 is 9.47 Å². The number of ether oxygens (including phenoxy) is 2. The van der Waals surface area contributed by atoms with E-state index in [4.69, 9.17) is 9.47 Å². The summed E-state index contributed by atoms with van der Waals surface area (Å²) in [6, 6.07) is 3.64. The number of hydrogen-bond donors (Lipinski definition) is 1. The molecule has 0 bridgehead atoms. The number of rotatable bonds is 6. The zero-order valence-electron chi connectivity index (χ0n) is 13.1. The van der Waals surface area contributed by atoms with Crippen molar-refractivity contribution in [2.75, 3.05) is 26.3 Å². The highest BCUT2D eigenvalue weighted by Gasteiger charge is 2.24. The predicted molar refractivity (Wildman–Crippen MR) is 85.3 cm³/mol. The molecule has 1 aliphatic carbocycles. The molecule has 23 heavy (non-hydrogen) atoms. The summed E-state index contributed by atoms with van der Waals surface area (Å²) in [6.45, 7) is 1.81. The van der Waals surface area contributed by atoms with Crippen molar-refractivity contribution in [2.45, 2.75) is 38.3 Å². The monoisotopic (exact) mass is 341 g/mol.